The van der Waals surface area contributed by atoms with Gasteiger partial charge in [0.15, 0.2) is 11.5 Å². The number of hydrogen-bond acceptors (Lipinski definition) is 8. The minimum atomic E-state index is -0.731. The van der Waals surface area contributed by atoms with E-state index in [0.29, 0.717) is 22.3 Å². The van der Waals surface area contributed by atoms with Crippen LogP contribution in [0.2, 0.25) is 0 Å². The number of carbonyl (C=O) groups excluding carboxylic acids is 1. The maximum absolute atomic E-state index is 12.6. The zero-order valence-electron chi connectivity index (χ0n) is 16.0. The predicted molar refractivity (Wildman–Crippen MR) is 110 cm³/mol. The summed E-state index contributed by atoms with van der Waals surface area (Å²) in [6, 6.07) is 16.5. The fourth-order valence-electron chi connectivity index (χ4n) is 2.78. The number of hydrazine groups is 1. The summed E-state index contributed by atoms with van der Waals surface area (Å²) in [6.07, 6.45) is -1.13. The Hall–Kier alpha value is -3.27. The van der Waals surface area contributed by atoms with E-state index in [2.05, 4.69) is 26.3 Å². The van der Waals surface area contributed by atoms with E-state index < -0.39 is 12.3 Å². The molecular formula is C20H24N6O3. The van der Waals surface area contributed by atoms with E-state index in [9.17, 15) is 9.90 Å². The second kappa shape index (κ2) is 9.78. The van der Waals surface area contributed by atoms with Gasteiger partial charge in [0, 0.05) is 17.3 Å². The highest BCUT2D eigenvalue weighted by molar-refractivity contribution is 6.07. The number of nitrogens with one attached hydrogen (secondary N) is 3. The van der Waals surface area contributed by atoms with Crippen LogP contribution in [0.25, 0.3) is 10.8 Å². The van der Waals surface area contributed by atoms with E-state index in [-0.39, 0.29) is 24.8 Å². The van der Waals surface area contributed by atoms with Crippen molar-refractivity contribution < 1.29 is 14.6 Å². The largest absolute Gasteiger partial charge is 0.491 e. The second-order valence-corrected chi connectivity index (χ2v) is 6.47. The van der Waals surface area contributed by atoms with Gasteiger partial charge < -0.3 is 20.6 Å². The lowest BCUT2D eigenvalue weighted by Gasteiger charge is -2.19. The van der Waals surface area contributed by atoms with Crippen molar-refractivity contribution in [2.75, 3.05) is 18.6 Å². The van der Waals surface area contributed by atoms with Crippen molar-refractivity contribution in [3.8, 4) is 5.75 Å². The molecule has 2 unspecified atom stereocenters. The van der Waals surface area contributed by atoms with Gasteiger partial charge in [-0.25, -0.2) is 5.84 Å². The molecule has 9 heteroatoms. The molecule has 6 N–H and O–H groups in total. The normalized spacial score (nSPS) is 12.9. The van der Waals surface area contributed by atoms with Crippen molar-refractivity contribution in [2.45, 2.75) is 19.2 Å². The Labute approximate surface area is 168 Å². The molecule has 0 fully saturated rings. The molecule has 0 saturated carbocycles. The highest BCUT2D eigenvalue weighted by Crippen LogP contribution is 2.22. The first-order chi connectivity index (χ1) is 14.1. The van der Waals surface area contributed by atoms with Crippen molar-refractivity contribution in [2.24, 2.45) is 5.84 Å². The van der Waals surface area contributed by atoms with E-state index >= 15 is 0 Å². The number of aliphatic hydroxyl groups is 1. The molecule has 3 rings (SSSR count). The lowest BCUT2D eigenvalue weighted by atomic mass is 10.1. The van der Waals surface area contributed by atoms with Gasteiger partial charge in [0.2, 0.25) is 0 Å². The molecule has 0 aliphatic heterocycles. The summed E-state index contributed by atoms with van der Waals surface area (Å²) in [4.78, 5) is 12.6. The molecule has 2 aromatic carbocycles. The number of benzene rings is 2. The number of fused-ring (bicyclic) bond motifs is 1. The summed E-state index contributed by atoms with van der Waals surface area (Å²) in [5.74, 6) is 6.16. The summed E-state index contributed by atoms with van der Waals surface area (Å²) in [6.45, 7) is 2.16. The summed E-state index contributed by atoms with van der Waals surface area (Å²) in [5.41, 5.74) is 2.67. The number of rotatable bonds is 9. The first kappa shape index (κ1) is 20.5. The van der Waals surface area contributed by atoms with E-state index in [0.717, 1.165) is 0 Å². The van der Waals surface area contributed by atoms with Crippen LogP contribution in [-0.4, -0.2) is 46.6 Å². The monoisotopic (exact) mass is 396 g/mol. The van der Waals surface area contributed by atoms with Gasteiger partial charge in [-0.05, 0) is 19.1 Å². The minimum Gasteiger partial charge on any atom is -0.491 e. The van der Waals surface area contributed by atoms with Crippen LogP contribution < -0.4 is 26.6 Å². The quantitative estimate of drug-likeness (QED) is 0.206. The molecule has 9 nitrogen and oxygen atoms in total. The van der Waals surface area contributed by atoms with Crippen LogP contribution in [0.4, 0.5) is 5.82 Å². The third-order valence-corrected chi connectivity index (χ3v) is 4.23. The Bertz CT molecular complexity index is 953. The third kappa shape index (κ3) is 5.38. The van der Waals surface area contributed by atoms with Gasteiger partial charge in [0.1, 0.15) is 18.5 Å². The maximum atomic E-state index is 12.6. The minimum absolute atomic E-state index is 0.140. The fourth-order valence-corrected chi connectivity index (χ4v) is 2.78. The van der Waals surface area contributed by atoms with E-state index in [4.69, 9.17) is 10.6 Å². The summed E-state index contributed by atoms with van der Waals surface area (Å²) in [7, 11) is 0. The van der Waals surface area contributed by atoms with Gasteiger partial charge in [-0.2, -0.15) is 0 Å². The zero-order chi connectivity index (χ0) is 20.6. The Balaban J connectivity index is 1.53. The maximum Gasteiger partial charge on any atom is 0.273 e. The summed E-state index contributed by atoms with van der Waals surface area (Å²) >= 11 is 0. The number of carbonyl (C=O) groups is 1. The number of ether oxygens (including phenoxy) is 1. The van der Waals surface area contributed by atoms with Crippen LogP contribution in [0, 0.1) is 0 Å². The third-order valence-electron chi connectivity index (χ3n) is 4.23. The summed E-state index contributed by atoms with van der Waals surface area (Å²) < 4.78 is 5.51. The predicted octanol–water partition coefficient (Wildman–Crippen LogP) is 1.02. The van der Waals surface area contributed by atoms with Gasteiger partial charge in [0.25, 0.3) is 5.91 Å². The Morgan fingerprint density at radius 3 is 2.52 bits per heavy atom. The average Bonchev–Trinajstić information content (AvgIpc) is 2.76. The Kier molecular flexibility index (Phi) is 6.90. The van der Waals surface area contributed by atoms with Gasteiger partial charge >= 0.3 is 0 Å². The summed E-state index contributed by atoms with van der Waals surface area (Å²) in [5, 5.41) is 25.2. The highest BCUT2D eigenvalue weighted by atomic mass is 16.5. The van der Waals surface area contributed by atoms with Gasteiger partial charge in [-0.3, -0.25) is 10.1 Å². The molecule has 3 aromatic rings. The number of nitrogen functional groups attached to an aromatic ring is 1. The average molecular weight is 396 g/mol. The molecule has 2 atom stereocenters. The molecule has 0 aliphatic carbocycles. The van der Waals surface area contributed by atoms with Crippen molar-refractivity contribution in [3.05, 3.63) is 60.3 Å². The zero-order valence-corrected chi connectivity index (χ0v) is 16.0. The van der Waals surface area contributed by atoms with Crippen molar-refractivity contribution in [1.29, 1.82) is 0 Å². The lowest BCUT2D eigenvalue weighted by Crippen LogP contribution is -2.46. The number of para-hydroxylation sites is 1. The van der Waals surface area contributed by atoms with Crippen molar-refractivity contribution in [1.82, 2.24) is 20.8 Å². The van der Waals surface area contributed by atoms with Crippen LogP contribution in [-0.2, 0) is 0 Å². The molecule has 0 saturated heterocycles. The number of amides is 1. The first-order valence-corrected chi connectivity index (χ1v) is 9.20. The molecule has 0 aliphatic rings. The number of aliphatic hydroxyl groups excluding tert-OH is 1. The van der Waals surface area contributed by atoms with Crippen LogP contribution in [0.1, 0.15) is 17.4 Å². The lowest BCUT2D eigenvalue weighted by molar-refractivity contribution is 0.0892. The number of anilines is 1. The van der Waals surface area contributed by atoms with E-state index in [1.165, 1.54) is 0 Å². The number of nitrogens with two attached hydrogens (primary N) is 1. The number of hydrogen-bond donors (Lipinski definition) is 5. The number of nitrogens with zero attached hydrogens (tertiary/aromatic N) is 2. The highest BCUT2D eigenvalue weighted by Gasteiger charge is 2.17. The molecule has 1 aromatic heterocycles. The van der Waals surface area contributed by atoms with Crippen LogP contribution >= 0.6 is 0 Å². The van der Waals surface area contributed by atoms with Crippen molar-refractivity contribution in [3.63, 3.8) is 0 Å². The first-order valence-electron chi connectivity index (χ1n) is 9.20. The molecule has 1 amide bonds. The standard InChI is InChI=1S/C20H24N6O3/c1-13(22-11-14(27)12-29-15-7-3-2-4-8-15)23-20(28)18-16-9-5-6-10-17(16)19(24-21)26-25-18/h2-10,13-14,22,27H,11-12,21H2,1H3,(H,23,28)(H,24,26). The van der Waals surface area contributed by atoms with Gasteiger partial charge in [0.05, 0.1) is 6.17 Å². The SMILES string of the molecule is CC(NCC(O)COc1ccccc1)NC(=O)c1nnc(NN)c2ccccc12. The smallest absolute Gasteiger partial charge is 0.273 e. The molecule has 0 bridgehead atoms. The van der Waals surface area contributed by atoms with Crippen molar-refractivity contribution >= 4 is 22.5 Å². The Morgan fingerprint density at radius 2 is 1.79 bits per heavy atom. The Morgan fingerprint density at radius 1 is 1.10 bits per heavy atom. The molecule has 29 heavy (non-hydrogen) atoms. The van der Waals surface area contributed by atoms with E-state index in [1.54, 1.807) is 19.1 Å². The molecule has 0 radical (unpaired) electrons. The molecular weight excluding hydrogens is 372 g/mol. The van der Waals surface area contributed by atoms with E-state index in [1.807, 2.05) is 42.5 Å². The topological polar surface area (TPSA) is 134 Å². The van der Waals surface area contributed by atoms with Crippen LogP contribution in [0.3, 0.4) is 0 Å². The second-order valence-electron chi connectivity index (χ2n) is 6.47. The molecule has 152 valence electrons. The number of aromatic nitrogens is 2. The molecule has 1 heterocycles. The fraction of sp³-hybridized carbons (Fsp3) is 0.250. The van der Waals surface area contributed by atoms with Gasteiger partial charge in [-0.1, -0.05) is 42.5 Å². The van der Waals surface area contributed by atoms with Gasteiger partial charge in [-0.15, -0.1) is 10.2 Å². The molecule has 0 spiro atoms. The van der Waals surface area contributed by atoms with Crippen LogP contribution in [0.15, 0.2) is 54.6 Å². The van der Waals surface area contributed by atoms with Crippen LogP contribution in [0.5, 0.6) is 5.75 Å².